The zero-order valence-electron chi connectivity index (χ0n) is 17.5. The van der Waals surface area contributed by atoms with Gasteiger partial charge in [-0.2, -0.15) is 0 Å². The lowest BCUT2D eigenvalue weighted by molar-refractivity contribution is 0.373. The molecule has 0 aliphatic rings. The molecular formula is C25H22N2O4. The third-order valence-electron chi connectivity index (χ3n) is 5.11. The zero-order chi connectivity index (χ0) is 22.0. The first-order valence-corrected chi connectivity index (χ1v) is 9.75. The Labute approximate surface area is 179 Å². The number of aromatic nitrogens is 2. The molecule has 0 fully saturated rings. The number of ether oxygens (including phenoxy) is 2. The van der Waals surface area contributed by atoms with E-state index >= 15 is 0 Å². The van der Waals surface area contributed by atoms with Gasteiger partial charge in [-0.1, -0.05) is 36.4 Å². The number of nitrogens with zero attached hydrogens (tertiary/aromatic N) is 2. The van der Waals surface area contributed by atoms with Crippen LogP contribution in [0.5, 0.6) is 17.2 Å². The summed E-state index contributed by atoms with van der Waals surface area (Å²) in [6.07, 6.45) is 3.41. The summed E-state index contributed by atoms with van der Waals surface area (Å²) in [6.45, 7) is 1.92. The molecule has 4 rings (SSSR count). The molecule has 6 heteroatoms. The van der Waals surface area contributed by atoms with Gasteiger partial charge in [0, 0.05) is 5.56 Å². The monoisotopic (exact) mass is 414 g/mol. The van der Waals surface area contributed by atoms with Crippen LogP contribution in [-0.4, -0.2) is 28.9 Å². The lowest BCUT2D eigenvalue weighted by atomic mass is 10.1. The number of hydrogen-bond acceptors (Lipinski definition) is 5. The highest BCUT2D eigenvalue weighted by Gasteiger charge is 2.17. The van der Waals surface area contributed by atoms with Crippen LogP contribution in [0.15, 0.2) is 65.5 Å². The Bertz CT molecular complexity index is 1360. The van der Waals surface area contributed by atoms with Crippen LogP contribution < -0.4 is 15.0 Å². The number of fused-ring (bicyclic) bond motifs is 1. The van der Waals surface area contributed by atoms with Gasteiger partial charge < -0.3 is 14.6 Å². The Morgan fingerprint density at radius 1 is 0.903 bits per heavy atom. The number of benzene rings is 3. The summed E-state index contributed by atoms with van der Waals surface area (Å²) in [5.41, 5.74) is 2.43. The Morgan fingerprint density at radius 2 is 1.61 bits per heavy atom. The van der Waals surface area contributed by atoms with Crippen LogP contribution in [-0.2, 0) is 0 Å². The summed E-state index contributed by atoms with van der Waals surface area (Å²) in [4.78, 5) is 18.2. The van der Waals surface area contributed by atoms with E-state index in [1.807, 2.05) is 37.3 Å². The molecule has 0 radical (unpaired) electrons. The second kappa shape index (κ2) is 8.36. The van der Waals surface area contributed by atoms with E-state index in [0.29, 0.717) is 39.5 Å². The maximum absolute atomic E-state index is 13.5. The molecule has 4 aromatic rings. The molecule has 0 saturated heterocycles. The van der Waals surface area contributed by atoms with Gasteiger partial charge in [-0.05, 0) is 48.9 Å². The molecule has 1 aromatic heterocycles. The van der Waals surface area contributed by atoms with E-state index in [9.17, 15) is 9.90 Å². The topological polar surface area (TPSA) is 73.6 Å². The predicted molar refractivity (Wildman–Crippen MR) is 122 cm³/mol. The Kier molecular flexibility index (Phi) is 5.45. The highest BCUT2D eigenvalue weighted by Crippen LogP contribution is 2.31. The second-order valence-corrected chi connectivity index (χ2v) is 6.98. The third kappa shape index (κ3) is 3.64. The predicted octanol–water partition coefficient (Wildman–Crippen LogP) is 4.59. The van der Waals surface area contributed by atoms with E-state index in [1.165, 1.54) is 7.11 Å². The molecule has 0 unspecified atom stereocenters. The van der Waals surface area contributed by atoms with Crippen LogP contribution in [0, 0.1) is 6.92 Å². The van der Waals surface area contributed by atoms with Crippen molar-refractivity contribution in [2.75, 3.05) is 14.2 Å². The van der Waals surface area contributed by atoms with Gasteiger partial charge in [0.2, 0.25) is 0 Å². The third-order valence-corrected chi connectivity index (χ3v) is 5.11. The average Bonchev–Trinajstić information content (AvgIpc) is 2.79. The molecule has 1 heterocycles. The fraction of sp³-hybridized carbons (Fsp3) is 0.120. The number of aromatic hydroxyl groups is 1. The highest BCUT2D eigenvalue weighted by atomic mass is 16.5. The van der Waals surface area contributed by atoms with E-state index < -0.39 is 0 Å². The van der Waals surface area contributed by atoms with Gasteiger partial charge in [0.1, 0.15) is 11.6 Å². The second-order valence-electron chi connectivity index (χ2n) is 6.98. The number of para-hydroxylation sites is 3. The largest absolute Gasteiger partial charge is 0.504 e. The quantitative estimate of drug-likeness (QED) is 0.517. The smallest absolute Gasteiger partial charge is 0.266 e. The molecule has 0 bridgehead atoms. The van der Waals surface area contributed by atoms with Crippen LogP contribution in [0.25, 0.3) is 28.7 Å². The van der Waals surface area contributed by atoms with Gasteiger partial charge in [0.25, 0.3) is 5.56 Å². The van der Waals surface area contributed by atoms with Crippen molar-refractivity contribution in [2.24, 2.45) is 0 Å². The number of phenols is 1. The minimum absolute atomic E-state index is 0.0180. The number of phenolic OH excluding ortho intramolecular Hbond substituents is 1. The maximum Gasteiger partial charge on any atom is 0.266 e. The molecule has 0 spiro atoms. The molecule has 156 valence electrons. The van der Waals surface area contributed by atoms with Crippen LogP contribution in [0.1, 0.15) is 17.0 Å². The normalized spacial score (nSPS) is 11.2. The molecule has 0 aliphatic carbocycles. The van der Waals surface area contributed by atoms with Crippen molar-refractivity contribution in [1.29, 1.82) is 0 Å². The Morgan fingerprint density at radius 3 is 2.39 bits per heavy atom. The van der Waals surface area contributed by atoms with Crippen molar-refractivity contribution in [2.45, 2.75) is 6.92 Å². The SMILES string of the molecule is COc1cccc(/C=C/c2nc3ccccc3c(=O)n2-c2c(C)cccc2OC)c1O. The molecule has 1 N–H and O–H groups in total. The minimum Gasteiger partial charge on any atom is -0.504 e. The van der Waals surface area contributed by atoms with Gasteiger partial charge >= 0.3 is 0 Å². The van der Waals surface area contributed by atoms with E-state index in [-0.39, 0.29) is 11.3 Å². The first kappa shape index (κ1) is 20.2. The van der Waals surface area contributed by atoms with Gasteiger partial charge in [-0.15, -0.1) is 0 Å². The van der Waals surface area contributed by atoms with E-state index in [1.54, 1.807) is 54.2 Å². The Balaban J connectivity index is 2.00. The fourth-order valence-electron chi connectivity index (χ4n) is 3.56. The summed E-state index contributed by atoms with van der Waals surface area (Å²) < 4.78 is 12.3. The zero-order valence-corrected chi connectivity index (χ0v) is 17.5. The van der Waals surface area contributed by atoms with Crippen molar-refractivity contribution in [1.82, 2.24) is 9.55 Å². The van der Waals surface area contributed by atoms with E-state index in [0.717, 1.165) is 5.56 Å². The summed E-state index contributed by atoms with van der Waals surface area (Å²) in [5.74, 6) is 1.37. The van der Waals surface area contributed by atoms with Crippen molar-refractivity contribution >= 4 is 23.1 Å². The number of hydrogen-bond donors (Lipinski definition) is 1. The van der Waals surface area contributed by atoms with E-state index in [2.05, 4.69) is 0 Å². The number of aryl methyl sites for hydroxylation is 1. The number of methoxy groups -OCH3 is 2. The summed E-state index contributed by atoms with van der Waals surface area (Å²) in [6, 6.07) is 18.0. The molecular weight excluding hydrogens is 392 g/mol. The van der Waals surface area contributed by atoms with Crippen LogP contribution in [0.2, 0.25) is 0 Å². The van der Waals surface area contributed by atoms with Crippen molar-refractivity contribution in [3.63, 3.8) is 0 Å². The first-order chi connectivity index (χ1) is 15.0. The van der Waals surface area contributed by atoms with Crippen LogP contribution >= 0.6 is 0 Å². The van der Waals surface area contributed by atoms with Crippen molar-refractivity contribution in [3.05, 3.63) is 88.0 Å². The molecule has 0 amide bonds. The summed E-state index contributed by atoms with van der Waals surface area (Å²) >= 11 is 0. The standard InChI is InChI=1S/C25H22N2O4/c1-16-8-6-12-20(30-2)23(16)27-22(26-19-11-5-4-10-18(19)25(27)29)15-14-17-9-7-13-21(31-3)24(17)28/h4-15,28H,1-3H3/b15-14+. The van der Waals surface area contributed by atoms with Crippen molar-refractivity contribution in [3.8, 4) is 22.9 Å². The van der Waals surface area contributed by atoms with Crippen LogP contribution in [0.3, 0.4) is 0 Å². The first-order valence-electron chi connectivity index (χ1n) is 9.75. The van der Waals surface area contributed by atoms with Gasteiger partial charge in [0.05, 0.1) is 30.8 Å². The molecule has 0 atom stereocenters. The van der Waals surface area contributed by atoms with Gasteiger partial charge in [0.15, 0.2) is 11.5 Å². The number of rotatable bonds is 5. The average molecular weight is 414 g/mol. The van der Waals surface area contributed by atoms with Crippen LogP contribution in [0.4, 0.5) is 0 Å². The fourth-order valence-corrected chi connectivity index (χ4v) is 3.56. The highest BCUT2D eigenvalue weighted by molar-refractivity contribution is 5.81. The van der Waals surface area contributed by atoms with E-state index in [4.69, 9.17) is 14.5 Å². The summed E-state index contributed by atoms with van der Waals surface area (Å²) in [5, 5.41) is 10.9. The van der Waals surface area contributed by atoms with Gasteiger partial charge in [-0.3, -0.25) is 9.36 Å². The molecule has 31 heavy (non-hydrogen) atoms. The molecule has 6 nitrogen and oxygen atoms in total. The minimum atomic E-state index is -0.201. The van der Waals surface area contributed by atoms with Crippen molar-refractivity contribution < 1.29 is 14.6 Å². The lowest BCUT2D eigenvalue weighted by Gasteiger charge is -2.17. The lowest BCUT2D eigenvalue weighted by Crippen LogP contribution is -2.23. The molecule has 0 saturated carbocycles. The molecule has 0 aliphatic heterocycles. The Hall–Kier alpha value is -4.06. The van der Waals surface area contributed by atoms with Gasteiger partial charge in [-0.25, -0.2) is 4.98 Å². The maximum atomic E-state index is 13.5. The molecule has 3 aromatic carbocycles. The summed E-state index contributed by atoms with van der Waals surface area (Å²) in [7, 11) is 3.07.